The maximum Gasteiger partial charge on any atom is 0.200 e. The third-order valence-electron chi connectivity index (χ3n) is 2.97. The Morgan fingerprint density at radius 1 is 1.25 bits per heavy atom. The van der Waals surface area contributed by atoms with Crippen molar-refractivity contribution in [2.75, 3.05) is 0 Å². The van der Waals surface area contributed by atoms with Gasteiger partial charge in [0.25, 0.3) is 0 Å². The lowest BCUT2D eigenvalue weighted by atomic mass is 10.1. The van der Waals surface area contributed by atoms with Crippen LogP contribution in [0.15, 0.2) is 52.6 Å². The van der Waals surface area contributed by atoms with Crippen LogP contribution in [0.3, 0.4) is 0 Å². The molecule has 102 valence electrons. The lowest BCUT2D eigenvalue weighted by Gasteiger charge is -2.07. The molecule has 0 bridgehead atoms. The maximum absolute atomic E-state index is 14.1. The van der Waals surface area contributed by atoms with Gasteiger partial charge in [0.15, 0.2) is 5.65 Å². The van der Waals surface area contributed by atoms with E-state index in [1.807, 2.05) is 41.8 Å². The summed E-state index contributed by atoms with van der Waals surface area (Å²) in [6, 6.07) is 10.5. The second kappa shape index (κ2) is 5.22. The largest absolute Gasteiger partial charge is 0.324 e. The minimum absolute atomic E-state index is 0.183. The Labute approximate surface area is 119 Å². The average Bonchev–Trinajstić information content (AvgIpc) is 2.84. The first-order valence-corrected chi connectivity index (χ1v) is 6.99. The maximum atomic E-state index is 14.1. The lowest BCUT2D eigenvalue weighted by molar-refractivity contribution is 0.596. The molecule has 0 saturated carbocycles. The van der Waals surface area contributed by atoms with Crippen molar-refractivity contribution in [2.24, 2.45) is 5.73 Å². The van der Waals surface area contributed by atoms with E-state index in [4.69, 9.17) is 5.73 Å². The van der Waals surface area contributed by atoms with Gasteiger partial charge in [0.2, 0.25) is 5.16 Å². The molecule has 2 aromatic heterocycles. The zero-order valence-corrected chi connectivity index (χ0v) is 11.6. The van der Waals surface area contributed by atoms with E-state index in [2.05, 4.69) is 10.2 Å². The highest BCUT2D eigenvalue weighted by molar-refractivity contribution is 7.99. The molecule has 0 amide bonds. The average molecular weight is 288 g/mol. The summed E-state index contributed by atoms with van der Waals surface area (Å²) in [7, 11) is 0. The Hall–Kier alpha value is -1.92. The van der Waals surface area contributed by atoms with Gasteiger partial charge in [-0.3, -0.25) is 4.40 Å². The minimum atomic E-state index is -0.294. The summed E-state index contributed by atoms with van der Waals surface area (Å²) < 4.78 is 15.9. The quantitative estimate of drug-likeness (QED) is 0.805. The third kappa shape index (κ3) is 2.39. The molecular weight excluding hydrogens is 275 g/mol. The topological polar surface area (TPSA) is 56.2 Å². The van der Waals surface area contributed by atoms with Crippen molar-refractivity contribution in [3.63, 3.8) is 0 Å². The lowest BCUT2D eigenvalue weighted by Crippen LogP contribution is -2.05. The van der Waals surface area contributed by atoms with Crippen LogP contribution in [0.1, 0.15) is 18.5 Å². The number of hydrogen-bond acceptors (Lipinski definition) is 4. The van der Waals surface area contributed by atoms with Crippen LogP contribution in [0, 0.1) is 5.82 Å². The minimum Gasteiger partial charge on any atom is -0.324 e. The van der Waals surface area contributed by atoms with Crippen LogP contribution in [0.25, 0.3) is 5.65 Å². The molecule has 0 radical (unpaired) electrons. The Balaban J connectivity index is 1.95. The molecule has 3 rings (SSSR count). The third-order valence-corrected chi connectivity index (χ3v) is 3.98. The van der Waals surface area contributed by atoms with Crippen molar-refractivity contribution in [3.05, 3.63) is 54.0 Å². The fraction of sp³-hybridized carbons (Fsp3) is 0.143. The smallest absolute Gasteiger partial charge is 0.200 e. The molecule has 0 aliphatic rings. The highest BCUT2D eigenvalue weighted by Gasteiger charge is 2.11. The fourth-order valence-corrected chi connectivity index (χ4v) is 2.69. The molecule has 0 unspecified atom stereocenters. The summed E-state index contributed by atoms with van der Waals surface area (Å²) in [5, 5.41) is 8.75. The van der Waals surface area contributed by atoms with Crippen LogP contribution in [0.5, 0.6) is 0 Å². The molecule has 1 atom stereocenters. The number of benzene rings is 1. The van der Waals surface area contributed by atoms with Gasteiger partial charge in [0, 0.05) is 12.2 Å². The molecule has 3 aromatic rings. The number of pyridine rings is 1. The zero-order chi connectivity index (χ0) is 14.1. The Bertz CT molecular complexity index is 754. The van der Waals surface area contributed by atoms with Crippen molar-refractivity contribution >= 4 is 17.4 Å². The number of rotatable bonds is 3. The van der Waals surface area contributed by atoms with Gasteiger partial charge in [-0.2, -0.15) is 0 Å². The zero-order valence-electron chi connectivity index (χ0n) is 10.8. The van der Waals surface area contributed by atoms with Gasteiger partial charge in [-0.15, -0.1) is 10.2 Å². The van der Waals surface area contributed by atoms with Crippen molar-refractivity contribution in [2.45, 2.75) is 23.0 Å². The number of nitrogens with zero attached hydrogens (tertiary/aromatic N) is 3. The first kappa shape index (κ1) is 13.1. The Morgan fingerprint density at radius 2 is 2.10 bits per heavy atom. The molecule has 0 spiro atoms. The van der Waals surface area contributed by atoms with E-state index >= 15 is 0 Å². The van der Waals surface area contributed by atoms with Crippen molar-refractivity contribution < 1.29 is 4.39 Å². The van der Waals surface area contributed by atoms with Crippen LogP contribution in [-0.4, -0.2) is 14.6 Å². The van der Waals surface area contributed by atoms with Crippen molar-refractivity contribution in [1.82, 2.24) is 14.6 Å². The highest BCUT2D eigenvalue weighted by Crippen LogP contribution is 2.30. The van der Waals surface area contributed by atoms with Gasteiger partial charge < -0.3 is 5.73 Å². The second-order valence-corrected chi connectivity index (χ2v) is 5.50. The molecule has 4 nitrogen and oxygen atoms in total. The molecular formula is C14H13FN4S. The fourth-order valence-electron chi connectivity index (χ4n) is 1.87. The van der Waals surface area contributed by atoms with Crippen molar-refractivity contribution in [1.29, 1.82) is 0 Å². The SMILES string of the molecule is C[C@H](N)c1ccc(Sc2nnc3ccccn23)c(F)c1. The van der Waals surface area contributed by atoms with E-state index in [0.717, 1.165) is 11.2 Å². The van der Waals surface area contributed by atoms with Gasteiger partial charge in [0.05, 0.1) is 4.90 Å². The summed E-state index contributed by atoms with van der Waals surface area (Å²) in [6.45, 7) is 1.83. The predicted molar refractivity (Wildman–Crippen MR) is 76.1 cm³/mol. The van der Waals surface area contributed by atoms with Crippen LogP contribution < -0.4 is 5.73 Å². The van der Waals surface area contributed by atoms with Crippen LogP contribution in [0.2, 0.25) is 0 Å². The molecule has 6 heteroatoms. The molecule has 2 N–H and O–H groups in total. The molecule has 0 saturated heterocycles. The second-order valence-electron chi connectivity index (χ2n) is 4.49. The van der Waals surface area contributed by atoms with Gasteiger partial charge in [-0.05, 0) is 48.5 Å². The van der Waals surface area contributed by atoms with E-state index in [1.165, 1.54) is 17.8 Å². The Kier molecular flexibility index (Phi) is 3.42. The normalized spacial score (nSPS) is 12.8. The number of hydrogen-bond donors (Lipinski definition) is 1. The van der Waals surface area contributed by atoms with E-state index in [1.54, 1.807) is 6.07 Å². The first-order chi connectivity index (χ1) is 9.65. The molecule has 0 aliphatic heterocycles. The van der Waals surface area contributed by atoms with Gasteiger partial charge in [0.1, 0.15) is 5.82 Å². The summed E-state index contributed by atoms with van der Waals surface area (Å²) in [5.41, 5.74) is 7.26. The highest BCUT2D eigenvalue weighted by atomic mass is 32.2. The molecule has 0 aliphatic carbocycles. The number of nitrogens with two attached hydrogens (primary N) is 1. The van der Waals surface area contributed by atoms with Gasteiger partial charge in [-0.25, -0.2) is 4.39 Å². The number of aromatic nitrogens is 3. The van der Waals surface area contributed by atoms with Crippen LogP contribution >= 0.6 is 11.8 Å². The molecule has 0 fully saturated rings. The first-order valence-electron chi connectivity index (χ1n) is 6.18. The van der Waals surface area contributed by atoms with Gasteiger partial charge >= 0.3 is 0 Å². The summed E-state index contributed by atoms with van der Waals surface area (Å²) in [5.74, 6) is -0.294. The molecule has 2 heterocycles. The van der Waals surface area contributed by atoms with Gasteiger partial charge in [-0.1, -0.05) is 12.1 Å². The van der Waals surface area contributed by atoms with E-state index < -0.39 is 0 Å². The van der Waals surface area contributed by atoms with E-state index in [-0.39, 0.29) is 11.9 Å². The van der Waals surface area contributed by atoms with Crippen LogP contribution in [-0.2, 0) is 0 Å². The standard InChI is InChI=1S/C14H13FN4S/c1-9(16)10-5-6-12(11(15)8-10)20-14-18-17-13-4-2-3-7-19(13)14/h2-9H,16H2,1H3/t9-/m0/s1. The van der Waals surface area contributed by atoms with Crippen molar-refractivity contribution in [3.8, 4) is 0 Å². The summed E-state index contributed by atoms with van der Waals surface area (Å²) >= 11 is 1.24. The molecule has 20 heavy (non-hydrogen) atoms. The number of fused-ring (bicyclic) bond motifs is 1. The molecule has 1 aromatic carbocycles. The Morgan fingerprint density at radius 3 is 2.85 bits per heavy atom. The monoisotopic (exact) mass is 288 g/mol. The van der Waals surface area contributed by atoms with Crippen LogP contribution in [0.4, 0.5) is 4.39 Å². The summed E-state index contributed by atoms with van der Waals surface area (Å²) in [4.78, 5) is 0.507. The van der Waals surface area contributed by atoms with E-state index in [0.29, 0.717) is 10.1 Å². The predicted octanol–water partition coefficient (Wildman–Crippen LogP) is 3.04. The summed E-state index contributed by atoms with van der Waals surface area (Å²) in [6.07, 6.45) is 1.85. The van der Waals surface area contributed by atoms with E-state index in [9.17, 15) is 4.39 Å². The number of halogens is 1.